The number of ether oxygens (including phenoxy) is 1. The quantitative estimate of drug-likeness (QED) is 0.585. The van der Waals surface area contributed by atoms with E-state index < -0.39 is 5.97 Å². The van der Waals surface area contributed by atoms with Crippen molar-refractivity contribution >= 4 is 11.9 Å². The first kappa shape index (κ1) is 20.8. The molecule has 0 aromatic heterocycles. The highest BCUT2D eigenvalue weighted by Crippen LogP contribution is 1.78. The summed E-state index contributed by atoms with van der Waals surface area (Å²) in [4.78, 5) is 19.8. The van der Waals surface area contributed by atoms with Crippen molar-refractivity contribution in [3.05, 3.63) is 24.3 Å². The summed E-state index contributed by atoms with van der Waals surface area (Å²) in [6.07, 6.45) is 5.60. The van der Waals surface area contributed by atoms with Gasteiger partial charge in [-0.2, -0.15) is 0 Å². The molecule has 2 N–H and O–H groups in total. The van der Waals surface area contributed by atoms with Crippen molar-refractivity contribution < 1.29 is 24.5 Å². The average Bonchev–Trinajstić information content (AvgIpc) is 2.20. The molecule has 0 bridgehead atoms. The molecule has 0 spiro atoms. The lowest BCUT2D eigenvalue weighted by atomic mass is 10.5. The third-order valence-electron chi connectivity index (χ3n) is 0.899. The summed E-state index contributed by atoms with van der Waals surface area (Å²) in [5, 5.41) is 15.4. The summed E-state index contributed by atoms with van der Waals surface area (Å²) in [7, 11) is 0. The van der Waals surface area contributed by atoms with Crippen LogP contribution >= 0.6 is 0 Å². The van der Waals surface area contributed by atoms with E-state index in [1.165, 1.54) is 12.2 Å². The van der Waals surface area contributed by atoms with Crippen molar-refractivity contribution in [2.45, 2.75) is 27.7 Å². The molecular weight excluding hydrogens is 224 g/mol. The molecule has 0 unspecified atom stereocenters. The van der Waals surface area contributed by atoms with Gasteiger partial charge in [-0.3, -0.25) is 0 Å². The molecule has 5 heteroatoms. The first-order valence-electron chi connectivity index (χ1n) is 5.25. The Hall–Kier alpha value is -1.62. The van der Waals surface area contributed by atoms with Crippen LogP contribution in [0.3, 0.4) is 0 Å². The fourth-order valence-corrected chi connectivity index (χ4v) is 0.469. The van der Waals surface area contributed by atoms with Crippen LogP contribution in [0, 0.1) is 0 Å². The number of rotatable bonds is 3. The Morgan fingerprint density at radius 2 is 1.53 bits per heavy atom. The molecule has 0 saturated heterocycles. The van der Waals surface area contributed by atoms with Gasteiger partial charge in [0.15, 0.2) is 0 Å². The highest BCUT2D eigenvalue weighted by molar-refractivity contribution is 5.81. The minimum atomic E-state index is -0.891. The van der Waals surface area contributed by atoms with Gasteiger partial charge in [-0.15, -0.1) is 0 Å². The molecule has 0 aromatic carbocycles. The van der Waals surface area contributed by atoms with Crippen LogP contribution < -0.4 is 0 Å². The van der Waals surface area contributed by atoms with E-state index in [4.69, 9.17) is 10.2 Å². The second-order valence-corrected chi connectivity index (χ2v) is 2.41. The van der Waals surface area contributed by atoms with E-state index >= 15 is 0 Å². The molecule has 5 nitrogen and oxygen atoms in total. The van der Waals surface area contributed by atoms with E-state index in [0.717, 1.165) is 6.08 Å². The van der Waals surface area contributed by atoms with E-state index in [1.807, 2.05) is 0 Å². The first-order valence-corrected chi connectivity index (χ1v) is 5.25. The second kappa shape index (κ2) is 19.9. The van der Waals surface area contributed by atoms with Crippen LogP contribution in [0.15, 0.2) is 24.3 Å². The van der Waals surface area contributed by atoms with E-state index in [2.05, 4.69) is 4.74 Å². The van der Waals surface area contributed by atoms with Crippen molar-refractivity contribution in [3.63, 3.8) is 0 Å². The van der Waals surface area contributed by atoms with Gasteiger partial charge in [-0.25, -0.2) is 9.59 Å². The molecule has 0 aliphatic heterocycles. The normalized spacial score (nSPS) is 9.00. The maximum absolute atomic E-state index is 10.3. The van der Waals surface area contributed by atoms with Gasteiger partial charge in [0.05, 0.1) is 6.61 Å². The number of carbonyl (C=O) groups is 2. The Morgan fingerprint density at radius 1 is 1.12 bits per heavy atom. The zero-order valence-electron chi connectivity index (χ0n) is 10.8. The van der Waals surface area contributed by atoms with Crippen LogP contribution in [0.2, 0.25) is 0 Å². The molecule has 17 heavy (non-hydrogen) atoms. The summed E-state index contributed by atoms with van der Waals surface area (Å²) in [6, 6.07) is 0. The predicted molar refractivity (Wildman–Crippen MR) is 66.7 cm³/mol. The van der Waals surface area contributed by atoms with Gasteiger partial charge in [0, 0.05) is 18.8 Å². The van der Waals surface area contributed by atoms with Gasteiger partial charge in [-0.1, -0.05) is 12.2 Å². The summed E-state index contributed by atoms with van der Waals surface area (Å²) in [5.41, 5.74) is 0. The van der Waals surface area contributed by atoms with E-state index in [1.54, 1.807) is 33.8 Å². The van der Waals surface area contributed by atoms with Crippen molar-refractivity contribution in [2.75, 3.05) is 13.2 Å². The average molecular weight is 246 g/mol. The smallest absolute Gasteiger partial charge is 0.330 e. The lowest BCUT2D eigenvalue weighted by Gasteiger charge is -1.91. The number of allylic oxidation sites excluding steroid dienone is 2. The largest absolute Gasteiger partial charge is 0.478 e. The van der Waals surface area contributed by atoms with Crippen molar-refractivity contribution in [1.82, 2.24) is 0 Å². The predicted octanol–water partition coefficient (Wildman–Crippen LogP) is 1.77. The van der Waals surface area contributed by atoms with Gasteiger partial charge in [0.25, 0.3) is 0 Å². The minimum Gasteiger partial charge on any atom is -0.478 e. The SMILES string of the molecule is C/C=C/C(=O)O.C/C=C/C(=O)OCC.CCO. The minimum absolute atomic E-state index is 0.250. The van der Waals surface area contributed by atoms with Crippen LogP contribution in [0.5, 0.6) is 0 Å². The number of hydrogen-bond acceptors (Lipinski definition) is 4. The Kier molecular flexibility index (Phi) is 24.3. The van der Waals surface area contributed by atoms with Gasteiger partial charge in [0.2, 0.25) is 0 Å². The molecule has 100 valence electrons. The lowest BCUT2D eigenvalue weighted by Crippen LogP contribution is -1.98. The number of aliphatic carboxylic acids is 1. The molecule has 0 aliphatic rings. The maximum atomic E-state index is 10.3. The summed E-state index contributed by atoms with van der Waals surface area (Å²) < 4.78 is 4.56. The molecule has 0 heterocycles. The van der Waals surface area contributed by atoms with Gasteiger partial charge in [-0.05, 0) is 27.7 Å². The number of carboxylic acid groups (broad SMARTS) is 1. The third-order valence-corrected chi connectivity index (χ3v) is 0.899. The van der Waals surface area contributed by atoms with Crippen molar-refractivity contribution in [2.24, 2.45) is 0 Å². The Balaban J connectivity index is -0.000000193. The second-order valence-electron chi connectivity index (χ2n) is 2.41. The Morgan fingerprint density at radius 3 is 1.71 bits per heavy atom. The zero-order chi connectivity index (χ0) is 14.1. The number of carbonyl (C=O) groups excluding carboxylic acids is 1. The molecule has 0 aliphatic carbocycles. The van der Waals surface area contributed by atoms with Gasteiger partial charge < -0.3 is 14.9 Å². The summed E-state index contributed by atoms with van der Waals surface area (Å²) in [5.74, 6) is -1.16. The maximum Gasteiger partial charge on any atom is 0.330 e. The van der Waals surface area contributed by atoms with E-state index in [9.17, 15) is 9.59 Å². The fourth-order valence-electron chi connectivity index (χ4n) is 0.469. The zero-order valence-corrected chi connectivity index (χ0v) is 10.8. The molecule has 0 atom stereocenters. The number of aliphatic hydroxyl groups excluding tert-OH is 1. The number of aliphatic hydroxyl groups is 1. The highest BCUT2D eigenvalue weighted by Gasteiger charge is 1.88. The summed E-state index contributed by atoms with van der Waals surface area (Å²) in [6.45, 7) is 7.59. The van der Waals surface area contributed by atoms with E-state index in [-0.39, 0.29) is 12.6 Å². The number of hydrogen-bond donors (Lipinski definition) is 2. The van der Waals surface area contributed by atoms with Crippen LogP contribution in [-0.2, 0) is 14.3 Å². The molecule has 0 amide bonds. The van der Waals surface area contributed by atoms with Crippen LogP contribution in [0.25, 0.3) is 0 Å². The topological polar surface area (TPSA) is 83.8 Å². The van der Waals surface area contributed by atoms with Gasteiger partial charge in [0.1, 0.15) is 0 Å². The molecule has 0 saturated carbocycles. The molecule has 0 fully saturated rings. The molecule has 0 rings (SSSR count). The fraction of sp³-hybridized carbons (Fsp3) is 0.500. The summed E-state index contributed by atoms with van der Waals surface area (Å²) >= 11 is 0. The lowest BCUT2D eigenvalue weighted by molar-refractivity contribution is -0.137. The van der Waals surface area contributed by atoms with E-state index in [0.29, 0.717) is 6.61 Å². The van der Waals surface area contributed by atoms with Crippen LogP contribution in [0.4, 0.5) is 0 Å². The van der Waals surface area contributed by atoms with Crippen molar-refractivity contribution in [3.8, 4) is 0 Å². The monoisotopic (exact) mass is 246 g/mol. The number of carboxylic acids is 1. The molecular formula is C12H22O5. The molecule has 0 aromatic rings. The van der Waals surface area contributed by atoms with Gasteiger partial charge >= 0.3 is 11.9 Å². The highest BCUT2D eigenvalue weighted by atomic mass is 16.5. The Labute approximate surface area is 102 Å². The molecule has 0 radical (unpaired) electrons. The van der Waals surface area contributed by atoms with Crippen molar-refractivity contribution in [1.29, 1.82) is 0 Å². The third kappa shape index (κ3) is 40.5. The Bertz CT molecular complexity index is 231. The number of esters is 1. The standard InChI is InChI=1S/C6H10O2.C4H6O2.C2H6O/c1-3-5-6(7)8-4-2;1-2-3-4(5)6;1-2-3/h3,5H,4H2,1-2H3;2-3H,1H3,(H,5,6);3H,2H2,1H3/b5-3+;3-2+;. The first-order chi connectivity index (χ1) is 7.99. The van der Waals surface area contributed by atoms with Crippen LogP contribution in [-0.4, -0.2) is 35.4 Å². The van der Waals surface area contributed by atoms with Crippen LogP contribution in [0.1, 0.15) is 27.7 Å².